The third-order valence-electron chi connectivity index (χ3n) is 5.07. The third kappa shape index (κ3) is 3.96. The predicted octanol–water partition coefficient (Wildman–Crippen LogP) is 2.81. The van der Waals surface area contributed by atoms with E-state index in [-0.39, 0.29) is 38.8 Å². The van der Waals surface area contributed by atoms with Gasteiger partial charge in [-0.1, -0.05) is 0 Å². The zero-order valence-electron chi connectivity index (χ0n) is 14.4. The van der Waals surface area contributed by atoms with Crippen molar-refractivity contribution in [3.8, 4) is 0 Å². The highest BCUT2D eigenvalue weighted by Gasteiger charge is 2.57. The Morgan fingerprint density at radius 1 is 1.29 bits per heavy atom. The van der Waals surface area contributed by atoms with Crippen LogP contribution in [0.15, 0.2) is 0 Å². The molecule has 3 N–H and O–H groups in total. The molecule has 0 bridgehead atoms. The number of aliphatic hydroxyl groups is 1. The van der Waals surface area contributed by atoms with Gasteiger partial charge in [0.15, 0.2) is 0 Å². The Kier molecular flexibility index (Phi) is 4.87. The van der Waals surface area contributed by atoms with Crippen LogP contribution in [-0.4, -0.2) is 52.1 Å². The summed E-state index contributed by atoms with van der Waals surface area (Å²) in [6.07, 6.45) is -4.54. The van der Waals surface area contributed by atoms with E-state index in [1.807, 2.05) is 0 Å². The number of hydrogen-bond donors (Lipinski definition) is 2. The van der Waals surface area contributed by atoms with E-state index in [9.17, 15) is 23.1 Å². The summed E-state index contributed by atoms with van der Waals surface area (Å²) in [5, 5.41) is 10.9. The number of rotatable bonds is 1. The average molecular weight is 352 g/mol. The van der Waals surface area contributed by atoms with Crippen LogP contribution in [0.1, 0.15) is 52.9 Å². The predicted molar refractivity (Wildman–Crippen MR) is 82.3 cm³/mol. The number of likely N-dealkylation sites (tertiary alicyclic amines) is 1. The zero-order chi connectivity index (χ0) is 18.4. The Labute approximate surface area is 140 Å². The van der Waals surface area contributed by atoms with Crippen LogP contribution in [0.5, 0.6) is 0 Å². The fourth-order valence-electron chi connectivity index (χ4n) is 3.68. The van der Waals surface area contributed by atoms with Crippen LogP contribution in [0.4, 0.5) is 18.0 Å². The van der Waals surface area contributed by atoms with Crippen molar-refractivity contribution in [2.75, 3.05) is 13.1 Å². The average Bonchev–Trinajstić information content (AvgIpc) is 2.80. The molecule has 1 saturated carbocycles. The van der Waals surface area contributed by atoms with Gasteiger partial charge in [0, 0.05) is 13.1 Å². The molecule has 3 atom stereocenters. The van der Waals surface area contributed by atoms with Crippen LogP contribution in [0.2, 0.25) is 0 Å². The lowest BCUT2D eigenvalue weighted by atomic mass is 9.67. The van der Waals surface area contributed by atoms with Gasteiger partial charge in [-0.3, -0.25) is 0 Å². The molecule has 0 aromatic rings. The fraction of sp³-hybridized carbons (Fsp3) is 0.938. The first kappa shape index (κ1) is 19.3. The van der Waals surface area contributed by atoms with Crippen molar-refractivity contribution in [1.82, 2.24) is 4.90 Å². The quantitative estimate of drug-likeness (QED) is 0.761. The van der Waals surface area contributed by atoms with E-state index in [2.05, 4.69) is 0 Å². The van der Waals surface area contributed by atoms with Gasteiger partial charge in [-0.05, 0) is 52.9 Å². The molecule has 2 aliphatic rings. The number of hydrogen-bond acceptors (Lipinski definition) is 4. The molecule has 24 heavy (non-hydrogen) atoms. The van der Waals surface area contributed by atoms with Gasteiger partial charge in [0.2, 0.25) is 0 Å². The van der Waals surface area contributed by atoms with Crippen molar-refractivity contribution in [3.05, 3.63) is 0 Å². The summed E-state index contributed by atoms with van der Waals surface area (Å²) in [5.41, 5.74) is 2.77. The van der Waals surface area contributed by atoms with Crippen LogP contribution in [0.25, 0.3) is 0 Å². The monoisotopic (exact) mass is 352 g/mol. The standard InChI is InChI=1S/C16H27F3N2O3/c1-13(2,3)24-12(22)21-8-7-14(20,10-21)15(23)6-4-5-11(9-15)16(17,18)19/h11,23H,4-10,20H2,1-3H3. The van der Waals surface area contributed by atoms with Gasteiger partial charge < -0.3 is 20.5 Å². The van der Waals surface area contributed by atoms with Crippen LogP contribution in [0.3, 0.4) is 0 Å². The zero-order valence-corrected chi connectivity index (χ0v) is 14.4. The molecule has 1 aliphatic carbocycles. The molecule has 1 aliphatic heterocycles. The number of amides is 1. The van der Waals surface area contributed by atoms with Crippen molar-refractivity contribution in [1.29, 1.82) is 0 Å². The Morgan fingerprint density at radius 3 is 2.46 bits per heavy atom. The molecular weight excluding hydrogens is 325 g/mol. The molecule has 1 saturated heterocycles. The molecule has 2 fully saturated rings. The third-order valence-corrected chi connectivity index (χ3v) is 5.07. The van der Waals surface area contributed by atoms with E-state index in [0.717, 1.165) is 0 Å². The van der Waals surface area contributed by atoms with Gasteiger partial charge in [-0.15, -0.1) is 0 Å². The highest BCUT2D eigenvalue weighted by Crippen LogP contribution is 2.47. The number of nitrogens with two attached hydrogens (primary N) is 1. The van der Waals surface area contributed by atoms with Crippen molar-refractivity contribution in [2.45, 2.75) is 75.8 Å². The number of carbonyl (C=O) groups is 1. The van der Waals surface area contributed by atoms with Crippen LogP contribution < -0.4 is 5.73 Å². The Bertz CT molecular complexity index is 492. The lowest BCUT2D eigenvalue weighted by Gasteiger charge is -2.47. The minimum Gasteiger partial charge on any atom is -0.444 e. The SMILES string of the molecule is CC(C)(C)OC(=O)N1CCC(N)(C2(O)CCCC(C(F)(F)F)C2)C1. The van der Waals surface area contributed by atoms with E-state index in [1.165, 1.54) is 4.90 Å². The number of ether oxygens (including phenoxy) is 1. The minimum absolute atomic E-state index is 0.00297. The van der Waals surface area contributed by atoms with Crippen molar-refractivity contribution in [3.63, 3.8) is 0 Å². The van der Waals surface area contributed by atoms with Gasteiger partial charge >= 0.3 is 12.3 Å². The Balaban J connectivity index is 2.09. The fourth-order valence-corrected chi connectivity index (χ4v) is 3.68. The van der Waals surface area contributed by atoms with Crippen LogP contribution in [-0.2, 0) is 4.74 Å². The van der Waals surface area contributed by atoms with Crippen LogP contribution >= 0.6 is 0 Å². The summed E-state index contributed by atoms with van der Waals surface area (Å²) in [5.74, 6) is -1.55. The number of halogens is 3. The van der Waals surface area contributed by atoms with E-state index in [0.29, 0.717) is 0 Å². The number of alkyl halides is 3. The smallest absolute Gasteiger partial charge is 0.410 e. The van der Waals surface area contributed by atoms with E-state index >= 15 is 0 Å². The molecule has 2 rings (SSSR count). The van der Waals surface area contributed by atoms with Gasteiger partial charge in [-0.25, -0.2) is 4.79 Å². The lowest BCUT2D eigenvalue weighted by molar-refractivity contribution is -0.208. The summed E-state index contributed by atoms with van der Waals surface area (Å²) >= 11 is 0. The van der Waals surface area contributed by atoms with Gasteiger partial charge in [-0.2, -0.15) is 13.2 Å². The highest BCUT2D eigenvalue weighted by atomic mass is 19.4. The second-order valence-electron chi connectivity index (χ2n) is 8.17. The van der Waals surface area contributed by atoms with Crippen molar-refractivity contribution < 1.29 is 27.8 Å². The maximum Gasteiger partial charge on any atom is 0.410 e. The highest BCUT2D eigenvalue weighted by molar-refractivity contribution is 5.68. The van der Waals surface area contributed by atoms with E-state index in [1.54, 1.807) is 20.8 Å². The van der Waals surface area contributed by atoms with Crippen molar-refractivity contribution >= 4 is 6.09 Å². The molecule has 3 unspecified atom stereocenters. The summed E-state index contributed by atoms with van der Waals surface area (Å²) in [6, 6.07) is 0. The van der Waals surface area contributed by atoms with Gasteiger partial charge in [0.25, 0.3) is 0 Å². The molecule has 1 heterocycles. The molecule has 5 nitrogen and oxygen atoms in total. The van der Waals surface area contributed by atoms with Gasteiger partial charge in [0.05, 0.1) is 17.1 Å². The van der Waals surface area contributed by atoms with Crippen LogP contribution in [0, 0.1) is 5.92 Å². The summed E-state index contributed by atoms with van der Waals surface area (Å²) in [4.78, 5) is 13.5. The second kappa shape index (κ2) is 6.05. The molecule has 140 valence electrons. The molecule has 1 amide bonds. The Morgan fingerprint density at radius 2 is 1.92 bits per heavy atom. The Hall–Kier alpha value is -1.02. The summed E-state index contributed by atoms with van der Waals surface area (Å²) in [6.45, 7) is 5.48. The van der Waals surface area contributed by atoms with E-state index < -0.39 is 41.3 Å². The summed E-state index contributed by atoms with van der Waals surface area (Å²) in [7, 11) is 0. The largest absolute Gasteiger partial charge is 0.444 e. The maximum atomic E-state index is 13.1. The molecule has 0 aromatic carbocycles. The normalized spacial score (nSPS) is 35.2. The first-order chi connectivity index (χ1) is 10.8. The minimum atomic E-state index is -4.34. The van der Waals surface area contributed by atoms with Gasteiger partial charge in [0.1, 0.15) is 5.60 Å². The molecule has 0 spiro atoms. The molecule has 0 aromatic heterocycles. The van der Waals surface area contributed by atoms with E-state index in [4.69, 9.17) is 10.5 Å². The molecular formula is C16H27F3N2O3. The second-order valence-corrected chi connectivity index (χ2v) is 8.17. The molecule has 0 radical (unpaired) electrons. The first-order valence-electron chi connectivity index (χ1n) is 8.32. The number of carbonyl (C=O) groups excluding carboxylic acids is 1. The van der Waals surface area contributed by atoms with Crippen molar-refractivity contribution in [2.24, 2.45) is 11.7 Å². The maximum absolute atomic E-state index is 13.1. The summed E-state index contributed by atoms with van der Waals surface area (Å²) < 4.78 is 44.4. The topological polar surface area (TPSA) is 75.8 Å². The molecule has 8 heteroatoms. The first-order valence-corrected chi connectivity index (χ1v) is 8.32. The lowest BCUT2D eigenvalue weighted by Crippen LogP contribution is -2.64. The number of nitrogens with zero attached hydrogens (tertiary/aromatic N) is 1.